The third-order valence-corrected chi connectivity index (χ3v) is 3.79. The Morgan fingerprint density at radius 1 is 0.913 bits per heavy atom. The summed E-state index contributed by atoms with van der Waals surface area (Å²) in [5.41, 5.74) is 1.04. The molecule has 0 radical (unpaired) electrons. The molecular weight excluding hydrogens is 407 g/mol. The smallest absolute Gasteiger partial charge is 0.251 e. The highest BCUT2D eigenvalue weighted by Crippen LogP contribution is 2.10. The first kappa shape index (κ1) is 17.3. The molecule has 0 saturated heterocycles. The maximum atomic E-state index is 11.9. The first-order valence-electron chi connectivity index (χ1n) is 7.17. The van der Waals surface area contributed by atoms with Gasteiger partial charge in [0.25, 0.3) is 11.8 Å². The van der Waals surface area contributed by atoms with E-state index in [4.69, 9.17) is 0 Å². The molecule has 2 rings (SSSR count). The first-order chi connectivity index (χ1) is 11.1. The van der Waals surface area contributed by atoms with E-state index in [1.165, 1.54) is 12.1 Å². The SMILES string of the molecule is O=C(NCCCNC(=O)c1cccc(I)c1)c1cccc(O)c1. The van der Waals surface area contributed by atoms with Crippen molar-refractivity contribution in [2.24, 2.45) is 0 Å². The number of nitrogens with one attached hydrogen (secondary N) is 2. The molecule has 5 nitrogen and oxygen atoms in total. The molecule has 0 unspecified atom stereocenters. The van der Waals surface area contributed by atoms with Gasteiger partial charge in [-0.15, -0.1) is 0 Å². The number of halogens is 1. The van der Waals surface area contributed by atoms with Gasteiger partial charge < -0.3 is 15.7 Å². The number of phenolic OH excluding ortho intramolecular Hbond substituents is 1. The molecule has 0 aliphatic rings. The van der Waals surface area contributed by atoms with Crippen molar-refractivity contribution in [1.82, 2.24) is 10.6 Å². The molecule has 6 heteroatoms. The first-order valence-corrected chi connectivity index (χ1v) is 8.25. The summed E-state index contributed by atoms with van der Waals surface area (Å²) < 4.78 is 1.01. The van der Waals surface area contributed by atoms with Gasteiger partial charge in [0.05, 0.1) is 0 Å². The Morgan fingerprint density at radius 2 is 1.48 bits per heavy atom. The van der Waals surface area contributed by atoms with Crippen LogP contribution in [0.2, 0.25) is 0 Å². The molecule has 2 aromatic rings. The van der Waals surface area contributed by atoms with Crippen LogP contribution >= 0.6 is 22.6 Å². The quantitative estimate of drug-likeness (QED) is 0.493. The molecule has 3 N–H and O–H groups in total. The van der Waals surface area contributed by atoms with Crippen LogP contribution in [-0.2, 0) is 0 Å². The fourth-order valence-corrected chi connectivity index (χ4v) is 2.52. The van der Waals surface area contributed by atoms with Gasteiger partial charge in [0.1, 0.15) is 5.75 Å². The minimum absolute atomic E-state index is 0.0578. The summed E-state index contributed by atoms with van der Waals surface area (Å²) in [5.74, 6) is -0.310. The Hall–Kier alpha value is -2.09. The van der Waals surface area contributed by atoms with Crippen molar-refractivity contribution in [3.05, 3.63) is 63.2 Å². The Labute approximate surface area is 148 Å². The number of aromatic hydroxyl groups is 1. The van der Waals surface area contributed by atoms with Crippen LogP contribution in [0.5, 0.6) is 5.75 Å². The Balaban J connectivity index is 1.69. The number of amides is 2. The Bertz CT molecular complexity index is 644. The zero-order valence-electron chi connectivity index (χ0n) is 12.4. The molecule has 2 amide bonds. The van der Waals surface area contributed by atoms with Gasteiger partial charge in [-0.1, -0.05) is 12.1 Å². The van der Waals surface area contributed by atoms with E-state index in [0.717, 1.165) is 3.57 Å². The van der Waals surface area contributed by atoms with Gasteiger partial charge >= 0.3 is 0 Å². The zero-order chi connectivity index (χ0) is 16.7. The monoisotopic (exact) mass is 424 g/mol. The maximum absolute atomic E-state index is 11.9. The summed E-state index contributed by atoms with van der Waals surface area (Å²) in [6.45, 7) is 0.922. The van der Waals surface area contributed by atoms with Gasteiger partial charge in [-0.3, -0.25) is 9.59 Å². The van der Waals surface area contributed by atoms with Crippen LogP contribution in [0, 0.1) is 3.57 Å². The second-order valence-corrected chi connectivity index (χ2v) is 6.17. The molecule has 0 aromatic heterocycles. The normalized spacial score (nSPS) is 10.1. The molecule has 0 heterocycles. The molecule has 0 aliphatic carbocycles. The van der Waals surface area contributed by atoms with E-state index < -0.39 is 0 Å². The highest BCUT2D eigenvalue weighted by atomic mass is 127. The third-order valence-electron chi connectivity index (χ3n) is 3.12. The van der Waals surface area contributed by atoms with Crippen molar-refractivity contribution in [2.45, 2.75) is 6.42 Å². The van der Waals surface area contributed by atoms with Crippen LogP contribution in [0.3, 0.4) is 0 Å². The van der Waals surface area contributed by atoms with Crippen molar-refractivity contribution < 1.29 is 14.7 Å². The van der Waals surface area contributed by atoms with Crippen LogP contribution < -0.4 is 10.6 Å². The number of benzene rings is 2. The maximum Gasteiger partial charge on any atom is 0.251 e. The van der Waals surface area contributed by atoms with E-state index in [9.17, 15) is 14.7 Å². The second-order valence-electron chi connectivity index (χ2n) is 4.93. The van der Waals surface area contributed by atoms with E-state index in [-0.39, 0.29) is 17.6 Å². The molecule has 0 bridgehead atoms. The number of carbonyl (C=O) groups is 2. The number of carbonyl (C=O) groups excluding carboxylic acids is 2. The fraction of sp³-hybridized carbons (Fsp3) is 0.176. The third kappa shape index (κ3) is 5.55. The van der Waals surface area contributed by atoms with Crippen molar-refractivity contribution >= 4 is 34.4 Å². The van der Waals surface area contributed by atoms with E-state index >= 15 is 0 Å². The minimum atomic E-state index is -0.246. The minimum Gasteiger partial charge on any atom is -0.508 e. The van der Waals surface area contributed by atoms with Crippen molar-refractivity contribution in [2.75, 3.05) is 13.1 Å². The van der Waals surface area contributed by atoms with Gasteiger partial charge in [0.15, 0.2) is 0 Å². The Kier molecular flexibility index (Phi) is 6.40. The molecular formula is C17H17IN2O3. The van der Waals surface area contributed by atoms with E-state index in [1.54, 1.807) is 18.2 Å². The summed E-state index contributed by atoms with van der Waals surface area (Å²) in [4.78, 5) is 23.8. The highest BCUT2D eigenvalue weighted by Gasteiger charge is 2.06. The molecule has 0 fully saturated rings. The fourth-order valence-electron chi connectivity index (χ4n) is 1.97. The molecule has 0 aliphatic heterocycles. The summed E-state index contributed by atoms with van der Waals surface area (Å²) in [5, 5.41) is 14.9. The largest absolute Gasteiger partial charge is 0.508 e. The molecule has 2 aromatic carbocycles. The van der Waals surface area contributed by atoms with Crippen LogP contribution in [0.4, 0.5) is 0 Å². The van der Waals surface area contributed by atoms with Crippen molar-refractivity contribution in [1.29, 1.82) is 0 Å². The predicted octanol–water partition coefficient (Wildman–Crippen LogP) is 2.55. The summed E-state index contributed by atoms with van der Waals surface area (Å²) in [6, 6.07) is 13.5. The van der Waals surface area contributed by atoms with Crippen molar-refractivity contribution in [3.8, 4) is 5.75 Å². The van der Waals surface area contributed by atoms with Gasteiger partial charge in [-0.2, -0.15) is 0 Å². The number of hydrogen-bond acceptors (Lipinski definition) is 3. The second kappa shape index (κ2) is 8.52. The average Bonchev–Trinajstić information content (AvgIpc) is 2.54. The van der Waals surface area contributed by atoms with Gasteiger partial charge in [0.2, 0.25) is 0 Å². The lowest BCUT2D eigenvalue weighted by atomic mass is 10.2. The number of rotatable bonds is 6. The topological polar surface area (TPSA) is 78.4 Å². The van der Waals surface area contributed by atoms with E-state index in [0.29, 0.717) is 30.6 Å². The molecule has 0 spiro atoms. The lowest BCUT2D eigenvalue weighted by Crippen LogP contribution is -2.29. The van der Waals surface area contributed by atoms with E-state index in [1.807, 2.05) is 18.2 Å². The molecule has 0 atom stereocenters. The molecule has 120 valence electrons. The van der Waals surface area contributed by atoms with Gasteiger partial charge in [0, 0.05) is 27.8 Å². The molecule has 23 heavy (non-hydrogen) atoms. The average molecular weight is 424 g/mol. The summed E-state index contributed by atoms with van der Waals surface area (Å²) in [6.07, 6.45) is 0.625. The van der Waals surface area contributed by atoms with Gasteiger partial charge in [-0.05, 0) is 65.4 Å². The molecule has 0 saturated carbocycles. The number of phenols is 1. The lowest BCUT2D eigenvalue weighted by Gasteiger charge is -2.07. The van der Waals surface area contributed by atoms with Crippen LogP contribution in [0.25, 0.3) is 0 Å². The summed E-state index contributed by atoms with van der Waals surface area (Å²) in [7, 11) is 0. The Morgan fingerprint density at radius 3 is 2.04 bits per heavy atom. The summed E-state index contributed by atoms with van der Waals surface area (Å²) >= 11 is 2.16. The lowest BCUT2D eigenvalue weighted by molar-refractivity contribution is 0.0951. The van der Waals surface area contributed by atoms with E-state index in [2.05, 4.69) is 33.2 Å². The van der Waals surface area contributed by atoms with Gasteiger partial charge in [-0.25, -0.2) is 0 Å². The van der Waals surface area contributed by atoms with Crippen LogP contribution in [0.15, 0.2) is 48.5 Å². The highest BCUT2D eigenvalue weighted by molar-refractivity contribution is 14.1. The van der Waals surface area contributed by atoms with Crippen LogP contribution in [0.1, 0.15) is 27.1 Å². The number of hydrogen-bond donors (Lipinski definition) is 3. The van der Waals surface area contributed by atoms with Crippen molar-refractivity contribution in [3.63, 3.8) is 0 Å². The van der Waals surface area contributed by atoms with Crippen LogP contribution in [-0.4, -0.2) is 30.0 Å². The zero-order valence-corrected chi connectivity index (χ0v) is 14.5. The predicted molar refractivity (Wildman–Crippen MR) is 96.5 cm³/mol. The standard InChI is InChI=1S/C17H17IN2O3/c18-14-6-1-4-12(10-14)16(22)19-8-3-9-20-17(23)13-5-2-7-15(21)11-13/h1-2,4-7,10-11,21H,3,8-9H2,(H,19,22)(H,20,23).